The average Bonchev–Trinajstić information content (AvgIpc) is 3.08. The molecule has 3 N–H and O–H groups in total. The Kier molecular flexibility index (Phi) is 3.44. The van der Waals surface area contributed by atoms with Crippen molar-refractivity contribution in [3.05, 3.63) is 29.3 Å². The molecule has 4 rings (SSSR count). The van der Waals surface area contributed by atoms with E-state index in [4.69, 9.17) is 0 Å². The monoisotopic (exact) mass is 302 g/mol. The van der Waals surface area contributed by atoms with E-state index in [0.29, 0.717) is 24.8 Å². The highest BCUT2D eigenvalue weighted by Gasteiger charge is 2.40. The number of nitrogens with one attached hydrogen (secondary N) is 1. The molecule has 1 saturated carbocycles. The van der Waals surface area contributed by atoms with Crippen LogP contribution in [0.5, 0.6) is 0 Å². The molecule has 2 unspecified atom stereocenters. The molecule has 0 radical (unpaired) electrons. The fourth-order valence-electron chi connectivity index (χ4n) is 4.32. The Labute approximate surface area is 129 Å². The van der Waals surface area contributed by atoms with Gasteiger partial charge in [0.05, 0.1) is 18.6 Å². The number of hydrogen-bond donors (Lipinski definition) is 3. The summed E-state index contributed by atoms with van der Waals surface area (Å²) in [7, 11) is 0. The molecule has 0 aromatic heterocycles. The molecule has 2 aliphatic heterocycles. The third-order valence-corrected chi connectivity index (χ3v) is 5.37. The summed E-state index contributed by atoms with van der Waals surface area (Å²) in [6.45, 7) is 2.58. The van der Waals surface area contributed by atoms with Gasteiger partial charge in [-0.05, 0) is 41.9 Å². The third kappa shape index (κ3) is 2.53. The van der Waals surface area contributed by atoms with Crippen molar-refractivity contribution < 1.29 is 15.0 Å². The van der Waals surface area contributed by atoms with E-state index in [1.54, 1.807) is 0 Å². The molecule has 5 nitrogen and oxygen atoms in total. The Morgan fingerprint density at radius 2 is 2.00 bits per heavy atom. The lowest BCUT2D eigenvalue weighted by Crippen LogP contribution is -2.28. The normalized spacial score (nSPS) is 31.9. The van der Waals surface area contributed by atoms with Crippen molar-refractivity contribution in [2.45, 2.75) is 31.5 Å². The first-order chi connectivity index (χ1) is 10.6. The van der Waals surface area contributed by atoms with E-state index >= 15 is 0 Å². The molecule has 4 atom stereocenters. The van der Waals surface area contributed by atoms with Crippen LogP contribution in [0, 0.1) is 11.8 Å². The van der Waals surface area contributed by atoms with E-state index in [1.165, 1.54) is 0 Å². The summed E-state index contributed by atoms with van der Waals surface area (Å²) in [4.78, 5) is 13.7. The minimum absolute atomic E-state index is 0.0209. The number of carbonyl (C=O) groups is 1. The number of benzene rings is 1. The fourth-order valence-corrected chi connectivity index (χ4v) is 4.32. The molecular weight excluding hydrogens is 280 g/mol. The van der Waals surface area contributed by atoms with Crippen molar-refractivity contribution in [3.8, 4) is 0 Å². The summed E-state index contributed by atoms with van der Waals surface area (Å²) in [5.74, 6) is 1.20. The summed E-state index contributed by atoms with van der Waals surface area (Å²) in [5.41, 5.74) is 2.72. The Balaban J connectivity index is 1.40. The molecule has 1 aromatic rings. The number of aliphatic hydroxyl groups is 2. The molecule has 1 aromatic carbocycles. The second-order valence-corrected chi connectivity index (χ2v) is 7.02. The minimum atomic E-state index is -0.523. The predicted molar refractivity (Wildman–Crippen MR) is 82.4 cm³/mol. The van der Waals surface area contributed by atoms with Gasteiger partial charge in [-0.25, -0.2) is 0 Å². The predicted octanol–water partition coefficient (Wildman–Crippen LogP) is 0.917. The molecule has 1 saturated heterocycles. The van der Waals surface area contributed by atoms with Gasteiger partial charge >= 0.3 is 0 Å². The first-order valence-corrected chi connectivity index (χ1v) is 8.09. The van der Waals surface area contributed by atoms with Gasteiger partial charge in [-0.2, -0.15) is 0 Å². The van der Waals surface area contributed by atoms with Gasteiger partial charge in [-0.1, -0.05) is 12.1 Å². The van der Waals surface area contributed by atoms with Crippen molar-refractivity contribution in [1.29, 1.82) is 0 Å². The smallest absolute Gasteiger partial charge is 0.228 e. The summed E-state index contributed by atoms with van der Waals surface area (Å²) in [6, 6.07) is 5.72. The van der Waals surface area contributed by atoms with Gasteiger partial charge in [0.25, 0.3) is 0 Å². The van der Waals surface area contributed by atoms with Crippen LogP contribution in [0.25, 0.3) is 0 Å². The average molecular weight is 302 g/mol. The Bertz CT molecular complexity index is 590. The maximum absolute atomic E-state index is 11.4. The van der Waals surface area contributed by atoms with Crippen LogP contribution in [-0.2, 0) is 11.2 Å². The lowest BCUT2D eigenvalue weighted by Gasteiger charge is -2.22. The van der Waals surface area contributed by atoms with Crippen molar-refractivity contribution in [1.82, 2.24) is 4.90 Å². The number of aliphatic hydroxyl groups excluding tert-OH is 2. The Morgan fingerprint density at radius 3 is 2.73 bits per heavy atom. The van der Waals surface area contributed by atoms with Crippen LogP contribution in [0.3, 0.4) is 0 Å². The van der Waals surface area contributed by atoms with Crippen LogP contribution in [0.2, 0.25) is 0 Å². The lowest BCUT2D eigenvalue weighted by atomic mass is 10.0. The maximum atomic E-state index is 11.4. The van der Waals surface area contributed by atoms with Crippen LogP contribution in [-0.4, -0.2) is 46.8 Å². The molecule has 1 amide bonds. The number of carbonyl (C=O) groups excluding carboxylic acids is 1. The molecule has 2 fully saturated rings. The second kappa shape index (κ2) is 5.33. The number of anilines is 1. The van der Waals surface area contributed by atoms with Crippen molar-refractivity contribution in [2.75, 3.05) is 25.0 Å². The minimum Gasteiger partial charge on any atom is -0.393 e. The van der Waals surface area contributed by atoms with Crippen LogP contribution in [0.4, 0.5) is 5.69 Å². The highest BCUT2D eigenvalue weighted by molar-refractivity contribution is 5.99. The zero-order valence-corrected chi connectivity index (χ0v) is 12.5. The number of fused-ring (bicyclic) bond motifs is 2. The molecular formula is C17H22N2O3. The van der Waals surface area contributed by atoms with Gasteiger partial charge in [0.2, 0.25) is 5.91 Å². The van der Waals surface area contributed by atoms with Crippen molar-refractivity contribution in [3.63, 3.8) is 0 Å². The molecule has 22 heavy (non-hydrogen) atoms. The molecule has 2 heterocycles. The zero-order chi connectivity index (χ0) is 15.3. The first kappa shape index (κ1) is 14.2. The quantitative estimate of drug-likeness (QED) is 0.776. The van der Waals surface area contributed by atoms with Gasteiger partial charge < -0.3 is 15.5 Å². The topological polar surface area (TPSA) is 72.8 Å². The maximum Gasteiger partial charge on any atom is 0.228 e. The summed E-state index contributed by atoms with van der Waals surface area (Å²) >= 11 is 0. The van der Waals surface area contributed by atoms with E-state index in [2.05, 4.69) is 10.2 Å². The molecule has 0 bridgehead atoms. The van der Waals surface area contributed by atoms with E-state index in [9.17, 15) is 15.0 Å². The van der Waals surface area contributed by atoms with Gasteiger partial charge in [0, 0.05) is 25.3 Å². The third-order valence-electron chi connectivity index (χ3n) is 5.37. The second-order valence-electron chi connectivity index (χ2n) is 7.02. The molecule has 1 aliphatic carbocycles. The molecule has 118 valence electrons. The number of nitrogens with zero attached hydrogens (tertiary/aromatic N) is 1. The molecule has 3 aliphatic rings. The zero-order valence-electron chi connectivity index (χ0n) is 12.5. The van der Waals surface area contributed by atoms with Crippen molar-refractivity contribution in [2.24, 2.45) is 11.8 Å². The number of β-amino-alcohol motifs (C(OH)–C–C–N with tert-alkyl or cyclic N) is 1. The van der Waals surface area contributed by atoms with Crippen LogP contribution in [0.15, 0.2) is 18.2 Å². The van der Waals surface area contributed by atoms with E-state index in [0.717, 1.165) is 42.7 Å². The van der Waals surface area contributed by atoms with Crippen LogP contribution < -0.4 is 5.32 Å². The van der Waals surface area contributed by atoms with Gasteiger partial charge in [-0.3, -0.25) is 9.69 Å². The summed E-state index contributed by atoms with van der Waals surface area (Å²) < 4.78 is 0. The van der Waals surface area contributed by atoms with Gasteiger partial charge in [-0.15, -0.1) is 0 Å². The van der Waals surface area contributed by atoms with Crippen LogP contribution in [0.1, 0.15) is 30.1 Å². The number of rotatable bonds is 3. The lowest BCUT2D eigenvalue weighted by molar-refractivity contribution is -0.115. The Hall–Kier alpha value is -1.43. The van der Waals surface area contributed by atoms with E-state index in [-0.39, 0.29) is 12.0 Å². The first-order valence-electron chi connectivity index (χ1n) is 8.09. The SMILES string of the molecule is O=C1Cc2cc(C(O)CN3C[C@H]4CC(O)C[C@H]4C3)ccc2N1. The molecule has 0 spiro atoms. The highest BCUT2D eigenvalue weighted by Crippen LogP contribution is 2.38. The Morgan fingerprint density at radius 1 is 1.27 bits per heavy atom. The number of amides is 1. The van der Waals surface area contributed by atoms with E-state index in [1.807, 2.05) is 18.2 Å². The largest absolute Gasteiger partial charge is 0.393 e. The summed E-state index contributed by atoms with van der Waals surface area (Å²) in [6.07, 6.45) is 1.57. The standard InChI is InChI=1S/C17H22N2O3/c20-14-4-12-7-19(8-13(12)5-14)9-16(21)10-1-2-15-11(3-10)6-17(22)18-15/h1-3,12-14,16,20-21H,4-9H2,(H,18,22)/t12-,13+,14?,16?. The fraction of sp³-hybridized carbons (Fsp3) is 0.588. The summed E-state index contributed by atoms with van der Waals surface area (Å²) in [5, 5.41) is 23.0. The number of likely N-dealkylation sites (tertiary alicyclic amines) is 1. The van der Waals surface area contributed by atoms with Gasteiger partial charge in [0.15, 0.2) is 0 Å². The van der Waals surface area contributed by atoms with E-state index < -0.39 is 6.10 Å². The van der Waals surface area contributed by atoms with Gasteiger partial charge in [0.1, 0.15) is 0 Å². The highest BCUT2D eigenvalue weighted by atomic mass is 16.3. The molecule has 5 heteroatoms. The van der Waals surface area contributed by atoms with Crippen LogP contribution >= 0.6 is 0 Å². The number of hydrogen-bond acceptors (Lipinski definition) is 4. The van der Waals surface area contributed by atoms with Crippen molar-refractivity contribution >= 4 is 11.6 Å².